The second-order valence-electron chi connectivity index (χ2n) is 4.82. The van der Waals surface area contributed by atoms with Gasteiger partial charge in [-0.25, -0.2) is 4.68 Å². The monoisotopic (exact) mass is 325 g/mol. The molecular formula is C13H16ClN5OS. The zero-order chi connectivity index (χ0) is 15.4. The van der Waals surface area contributed by atoms with Crippen LogP contribution in [0.3, 0.4) is 0 Å². The molecule has 0 bridgehead atoms. The molecule has 0 aliphatic rings. The third-order valence-electron chi connectivity index (χ3n) is 2.68. The van der Waals surface area contributed by atoms with E-state index in [1.165, 1.54) is 11.8 Å². The average molecular weight is 326 g/mol. The molecule has 2 aromatic rings. The Balaban J connectivity index is 1.94. The fraction of sp³-hybridized carbons (Fsp3) is 0.385. The molecule has 112 valence electrons. The van der Waals surface area contributed by atoms with Gasteiger partial charge in [0.25, 0.3) is 0 Å². The van der Waals surface area contributed by atoms with Gasteiger partial charge in [-0.1, -0.05) is 29.4 Å². The van der Waals surface area contributed by atoms with Crippen LogP contribution in [0.15, 0.2) is 23.4 Å². The molecule has 0 saturated carbocycles. The highest BCUT2D eigenvalue weighted by atomic mass is 35.5. The first-order valence-electron chi connectivity index (χ1n) is 6.44. The number of carbonyl (C=O) groups is 1. The Morgan fingerprint density at radius 2 is 2.24 bits per heavy atom. The van der Waals surface area contributed by atoms with Crippen molar-refractivity contribution in [2.75, 3.05) is 11.1 Å². The second kappa shape index (κ2) is 6.91. The molecule has 2 rings (SSSR count). The number of hydrogen-bond donors (Lipinski definition) is 1. The van der Waals surface area contributed by atoms with Crippen LogP contribution < -0.4 is 5.32 Å². The van der Waals surface area contributed by atoms with Gasteiger partial charge >= 0.3 is 0 Å². The molecule has 0 spiro atoms. The summed E-state index contributed by atoms with van der Waals surface area (Å²) in [6.07, 6.45) is 0. The van der Waals surface area contributed by atoms with Gasteiger partial charge < -0.3 is 5.32 Å². The summed E-state index contributed by atoms with van der Waals surface area (Å²) in [5, 5.41) is 15.3. The number of halogens is 1. The lowest BCUT2D eigenvalue weighted by Gasteiger charge is -2.09. The van der Waals surface area contributed by atoms with Crippen molar-refractivity contribution in [3.63, 3.8) is 0 Å². The highest BCUT2D eigenvalue weighted by molar-refractivity contribution is 7.99. The lowest BCUT2D eigenvalue weighted by Crippen LogP contribution is -2.15. The van der Waals surface area contributed by atoms with Crippen molar-refractivity contribution in [3.05, 3.63) is 28.8 Å². The standard InChI is InChI=1S/C13H16ClN5OS/c1-8(2)19-13(16-17-18-19)21-7-12(20)15-11-5-4-9(3)6-10(11)14/h4-6,8H,7H2,1-3H3,(H,15,20). The summed E-state index contributed by atoms with van der Waals surface area (Å²) in [7, 11) is 0. The van der Waals surface area contributed by atoms with E-state index in [1.807, 2.05) is 32.9 Å². The largest absolute Gasteiger partial charge is 0.324 e. The lowest BCUT2D eigenvalue weighted by molar-refractivity contribution is -0.113. The van der Waals surface area contributed by atoms with E-state index in [0.717, 1.165) is 5.56 Å². The minimum absolute atomic E-state index is 0.149. The first kappa shape index (κ1) is 15.8. The third kappa shape index (κ3) is 4.18. The molecule has 1 heterocycles. The molecule has 21 heavy (non-hydrogen) atoms. The van der Waals surface area contributed by atoms with Crippen molar-refractivity contribution in [1.29, 1.82) is 0 Å². The molecule has 1 aromatic heterocycles. The van der Waals surface area contributed by atoms with Crippen LogP contribution in [0.2, 0.25) is 5.02 Å². The summed E-state index contributed by atoms with van der Waals surface area (Å²) in [5.74, 6) is 0.0705. The maximum absolute atomic E-state index is 12.0. The molecule has 0 aliphatic carbocycles. The molecule has 0 fully saturated rings. The highest BCUT2D eigenvalue weighted by Crippen LogP contribution is 2.23. The SMILES string of the molecule is Cc1ccc(NC(=O)CSc2nnnn2C(C)C)c(Cl)c1. The van der Waals surface area contributed by atoms with Gasteiger partial charge in [-0.05, 0) is 48.9 Å². The van der Waals surface area contributed by atoms with Crippen LogP contribution in [0.25, 0.3) is 0 Å². The number of carbonyl (C=O) groups excluding carboxylic acids is 1. The maximum Gasteiger partial charge on any atom is 0.234 e. The van der Waals surface area contributed by atoms with Gasteiger partial charge in [-0.2, -0.15) is 0 Å². The molecule has 0 aliphatic heterocycles. The van der Waals surface area contributed by atoms with Crippen LogP contribution in [0.1, 0.15) is 25.5 Å². The van der Waals surface area contributed by atoms with E-state index in [0.29, 0.717) is 15.9 Å². The maximum atomic E-state index is 12.0. The number of anilines is 1. The quantitative estimate of drug-likeness (QED) is 0.856. The number of thioether (sulfide) groups is 1. The molecule has 6 nitrogen and oxygen atoms in total. The summed E-state index contributed by atoms with van der Waals surface area (Å²) in [6.45, 7) is 5.90. The Bertz CT molecular complexity index is 643. The number of hydrogen-bond acceptors (Lipinski definition) is 5. The van der Waals surface area contributed by atoms with E-state index in [9.17, 15) is 4.79 Å². The summed E-state index contributed by atoms with van der Waals surface area (Å²) in [5.41, 5.74) is 1.65. The van der Waals surface area contributed by atoms with Crippen LogP contribution in [-0.2, 0) is 4.79 Å². The van der Waals surface area contributed by atoms with E-state index in [4.69, 9.17) is 11.6 Å². The lowest BCUT2D eigenvalue weighted by atomic mass is 10.2. The van der Waals surface area contributed by atoms with Crippen LogP contribution >= 0.6 is 23.4 Å². The smallest absolute Gasteiger partial charge is 0.234 e. The molecule has 0 atom stereocenters. The Morgan fingerprint density at radius 3 is 2.90 bits per heavy atom. The summed E-state index contributed by atoms with van der Waals surface area (Å²) in [6, 6.07) is 5.65. The number of nitrogens with zero attached hydrogens (tertiary/aromatic N) is 4. The zero-order valence-electron chi connectivity index (χ0n) is 12.0. The topological polar surface area (TPSA) is 72.7 Å². The molecule has 1 N–H and O–H groups in total. The highest BCUT2D eigenvalue weighted by Gasteiger charge is 2.12. The van der Waals surface area contributed by atoms with Crippen LogP contribution in [0, 0.1) is 6.92 Å². The Kier molecular flexibility index (Phi) is 5.19. The van der Waals surface area contributed by atoms with Crippen LogP contribution in [0.5, 0.6) is 0 Å². The molecule has 1 aromatic carbocycles. The summed E-state index contributed by atoms with van der Waals surface area (Å²) >= 11 is 7.37. The fourth-order valence-electron chi connectivity index (χ4n) is 1.64. The fourth-order valence-corrected chi connectivity index (χ4v) is 2.73. The normalized spacial score (nSPS) is 10.9. The molecule has 0 unspecified atom stereocenters. The van der Waals surface area contributed by atoms with Gasteiger partial charge in [0, 0.05) is 0 Å². The van der Waals surface area contributed by atoms with Gasteiger partial charge in [0.15, 0.2) is 0 Å². The predicted molar refractivity (Wildman–Crippen MR) is 83.7 cm³/mol. The Labute approximate surface area is 132 Å². The molecule has 0 saturated heterocycles. The van der Waals surface area contributed by atoms with Crippen molar-refractivity contribution < 1.29 is 4.79 Å². The van der Waals surface area contributed by atoms with Gasteiger partial charge in [0.1, 0.15) is 0 Å². The van der Waals surface area contributed by atoms with Gasteiger partial charge in [-0.3, -0.25) is 4.79 Å². The van der Waals surface area contributed by atoms with Crippen molar-refractivity contribution in [2.45, 2.75) is 32.0 Å². The van der Waals surface area contributed by atoms with Crippen LogP contribution in [0.4, 0.5) is 5.69 Å². The van der Waals surface area contributed by atoms with Crippen LogP contribution in [-0.4, -0.2) is 31.9 Å². The Morgan fingerprint density at radius 1 is 1.48 bits per heavy atom. The minimum Gasteiger partial charge on any atom is -0.324 e. The van der Waals surface area contributed by atoms with Crippen molar-refractivity contribution in [1.82, 2.24) is 20.2 Å². The summed E-state index contributed by atoms with van der Waals surface area (Å²) < 4.78 is 1.68. The molecule has 8 heteroatoms. The van der Waals surface area contributed by atoms with Crippen molar-refractivity contribution in [3.8, 4) is 0 Å². The third-order valence-corrected chi connectivity index (χ3v) is 3.93. The molecule has 0 radical (unpaired) electrons. The number of aromatic nitrogens is 4. The second-order valence-corrected chi connectivity index (χ2v) is 6.17. The van der Waals surface area contributed by atoms with Gasteiger partial charge in [-0.15, -0.1) is 5.10 Å². The number of nitrogens with one attached hydrogen (secondary N) is 1. The van der Waals surface area contributed by atoms with Gasteiger partial charge in [0.2, 0.25) is 11.1 Å². The number of tetrazole rings is 1. The van der Waals surface area contributed by atoms with E-state index >= 15 is 0 Å². The first-order chi connectivity index (χ1) is 9.97. The van der Waals surface area contributed by atoms with E-state index < -0.39 is 0 Å². The molecular weight excluding hydrogens is 310 g/mol. The van der Waals surface area contributed by atoms with Gasteiger partial charge in [0.05, 0.1) is 22.5 Å². The first-order valence-corrected chi connectivity index (χ1v) is 7.80. The zero-order valence-corrected chi connectivity index (χ0v) is 13.6. The van der Waals surface area contributed by atoms with E-state index in [1.54, 1.807) is 10.7 Å². The number of benzene rings is 1. The number of amides is 1. The van der Waals surface area contributed by atoms with E-state index in [2.05, 4.69) is 20.8 Å². The van der Waals surface area contributed by atoms with Crippen molar-refractivity contribution in [2.24, 2.45) is 0 Å². The van der Waals surface area contributed by atoms with Crippen molar-refractivity contribution >= 4 is 35.0 Å². The molecule has 1 amide bonds. The summed E-state index contributed by atoms with van der Waals surface area (Å²) in [4.78, 5) is 12.0. The average Bonchev–Trinajstić information content (AvgIpc) is 2.88. The number of rotatable bonds is 5. The Hall–Kier alpha value is -1.60. The predicted octanol–water partition coefficient (Wildman–Crippen LogP) is 2.95. The minimum atomic E-state index is -0.149. The number of aryl methyl sites for hydroxylation is 1. The van der Waals surface area contributed by atoms with E-state index in [-0.39, 0.29) is 17.7 Å².